The van der Waals surface area contributed by atoms with Crippen LogP contribution in [0.2, 0.25) is 0 Å². The molecule has 0 fully saturated rings. The average molecular weight is 455 g/mol. The zero-order valence-corrected chi connectivity index (χ0v) is 18.9. The lowest BCUT2D eigenvalue weighted by Crippen LogP contribution is -2.35. The summed E-state index contributed by atoms with van der Waals surface area (Å²) in [5.74, 6) is 0. The van der Waals surface area contributed by atoms with E-state index in [4.69, 9.17) is 0 Å². The largest absolute Gasteiger partial charge is 0.416 e. The number of aryl methyl sites for hydroxylation is 2. The first-order valence-corrected chi connectivity index (χ1v) is 11.2. The van der Waals surface area contributed by atoms with Gasteiger partial charge in [0, 0.05) is 42.6 Å². The maximum absolute atomic E-state index is 12.6. The Hall–Kier alpha value is -2.31. The molecule has 32 heavy (non-hydrogen) atoms. The van der Waals surface area contributed by atoms with Crippen LogP contribution in [-0.2, 0) is 19.0 Å². The fraction of sp³-hybridized carbons (Fsp3) is 0.520. The number of rotatable bonds is 3. The Labute approximate surface area is 187 Å². The van der Waals surface area contributed by atoms with Crippen LogP contribution in [-0.4, -0.2) is 25.7 Å². The van der Waals surface area contributed by atoms with Crippen LogP contribution in [0.25, 0.3) is 0 Å². The molecule has 2 aliphatic rings. The van der Waals surface area contributed by atoms with Gasteiger partial charge in [-0.3, -0.25) is 0 Å². The van der Waals surface area contributed by atoms with Crippen LogP contribution < -0.4 is 9.80 Å². The predicted octanol–water partition coefficient (Wildman–Crippen LogP) is 7.26. The van der Waals surface area contributed by atoms with E-state index in [0.29, 0.717) is 6.04 Å². The predicted molar refractivity (Wildman–Crippen MR) is 120 cm³/mol. The molecule has 2 aliphatic heterocycles. The van der Waals surface area contributed by atoms with Gasteiger partial charge in [-0.05, 0) is 75.8 Å². The molecule has 2 aromatic carbocycles. The van der Waals surface area contributed by atoms with Gasteiger partial charge in [-0.2, -0.15) is 13.2 Å². The van der Waals surface area contributed by atoms with E-state index in [1.165, 1.54) is 17.7 Å². The molecule has 2 aromatic rings. The summed E-state index contributed by atoms with van der Waals surface area (Å²) < 4.78 is 63.0. The van der Waals surface area contributed by atoms with Gasteiger partial charge in [0.25, 0.3) is 6.43 Å². The van der Waals surface area contributed by atoms with Gasteiger partial charge in [-0.15, -0.1) is 0 Å². The minimum atomic E-state index is -4.24. The Morgan fingerprint density at radius 1 is 0.875 bits per heavy atom. The van der Waals surface area contributed by atoms with E-state index in [2.05, 4.69) is 18.7 Å². The van der Waals surface area contributed by atoms with Crippen LogP contribution in [0.15, 0.2) is 36.4 Å². The van der Waals surface area contributed by atoms with Crippen LogP contribution >= 0.6 is 0 Å². The fourth-order valence-corrected chi connectivity index (χ4v) is 4.45. The minimum Gasteiger partial charge on any atom is -0.372 e. The third-order valence-corrected chi connectivity index (χ3v) is 6.15. The molecule has 2 heterocycles. The zero-order valence-electron chi connectivity index (χ0n) is 18.9. The number of fused-ring (bicyclic) bond motifs is 2. The number of benzene rings is 2. The molecular formula is C25H31F5N2. The lowest BCUT2D eigenvalue weighted by molar-refractivity contribution is -0.137. The Bertz CT molecular complexity index is 908. The van der Waals surface area contributed by atoms with Crippen LogP contribution in [0.5, 0.6) is 0 Å². The van der Waals surface area contributed by atoms with Crippen molar-refractivity contribution in [3.63, 3.8) is 0 Å². The van der Waals surface area contributed by atoms with Gasteiger partial charge in [-0.25, -0.2) is 8.78 Å². The maximum atomic E-state index is 12.6. The van der Waals surface area contributed by atoms with Crippen molar-refractivity contribution >= 4 is 11.4 Å². The first-order chi connectivity index (χ1) is 15.1. The molecule has 0 radical (unpaired) electrons. The highest BCUT2D eigenvalue weighted by Crippen LogP contribution is 2.35. The molecule has 0 unspecified atom stereocenters. The molecule has 0 aromatic heterocycles. The summed E-state index contributed by atoms with van der Waals surface area (Å²) in [4.78, 5) is 4.22. The molecule has 2 nitrogen and oxygen atoms in total. The molecule has 4 rings (SSSR count). The summed E-state index contributed by atoms with van der Waals surface area (Å²) >= 11 is 0. The van der Waals surface area contributed by atoms with Crippen molar-refractivity contribution in [2.75, 3.05) is 29.4 Å². The highest BCUT2D eigenvalue weighted by molar-refractivity contribution is 5.58. The van der Waals surface area contributed by atoms with Crippen LogP contribution in [0.4, 0.5) is 33.3 Å². The Morgan fingerprint density at radius 3 is 2.09 bits per heavy atom. The maximum Gasteiger partial charge on any atom is 0.416 e. The second-order valence-electron chi connectivity index (χ2n) is 8.60. The number of hydrogen-bond acceptors (Lipinski definition) is 2. The number of nitrogens with zero attached hydrogens (tertiary/aromatic N) is 2. The molecule has 0 saturated carbocycles. The molecule has 0 aliphatic carbocycles. The second-order valence-corrected chi connectivity index (χ2v) is 8.60. The van der Waals surface area contributed by atoms with E-state index in [9.17, 15) is 22.0 Å². The smallest absolute Gasteiger partial charge is 0.372 e. The van der Waals surface area contributed by atoms with Gasteiger partial charge in [0.2, 0.25) is 0 Å². The van der Waals surface area contributed by atoms with Gasteiger partial charge in [0.1, 0.15) is 0 Å². The van der Waals surface area contributed by atoms with Crippen molar-refractivity contribution < 1.29 is 22.0 Å². The van der Waals surface area contributed by atoms with Crippen LogP contribution in [0.1, 0.15) is 62.3 Å². The SMILES string of the molecule is CC(C)N1CCCc2ccc(C(F)F)cc21.CCN1CCCc2ccc(C(F)(F)F)cc21. The molecule has 176 valence electrons. The van der Waals surface area contributed by atoms with Gasteiger partial charge in [0.05, 0.1) is 5.56 Å². The first kappa shape index (κ1) is 24.3. The van der Waals surface area contributed by atoms with Gasteiger partial charge in [-0.1, -0.05) is 18.2 Å². The van der Waals surface area contributed by atoms with Gasteiger partial charge in [0.15, 0.2) is 0 Å². The topological polar surface area (TPSA) is 6.48 Å². The number of hydrogen-bond donors (Lipinski definition) is 0. The van der Waals surface area contributed by atoms with E-state index < -0.39 is 18.2 Å². The normalized spacial score (nSPS) is 15.9. The molecule has 0 spiro atoms. The van der Waals surface area contributed by atoms with Crippen molar-refractivity contribution in [2.24, 2.45) is 0 Å². The summed E-state index contributed by atoms with van der Waals surface area (Å²) in [6.45, 7) is 8.75. The van der Waals surface area contributed by atoms with Crippen molar-refractivity contribution in [3.05, 3.63) is 58.7 Å². The monoisotopic (exact) mass is 454 g/mol. The first-order valence-electron chi connectivity index (χ1n) is 11.2. The zero-order chi connectivity index (χ0) is 23.5. The quantitative estimate of drug-likeness (QED) is 0.450. The Morgan fingerprint density at radius 2 is 1.50 bits per heavy atom. The Balaban J connectivity index is 0.000000181. The Kier molecular flexibility index (Phi) is 7.67. The number of halogens is 5. The average Bonchev–Trinajstić information content (AvgIpc) is 2.77. The molecule has 0 amide bonds. The summed E-state index contributed by atoms with van der Waals surface area (Å²) in [6.07, 6.45) is -2.61. The minimum absolute atomic E-state index is 0.131. The number of anilines is 2. The van der Waals surface area contributed by atoms with Crippen LogP contribution in [0, 0.1) is 0 Å². The van der Waals surface area contributed by atoms with Crippen molar-refractivity contribution in [1.29, 1.82) is 0 Å². The van der Waals surface area contributed by atoms with Crippen molar-refractivity contribution in [2.45, 2.75) is 65.1 Å². The van der Waals surface area contributed by atoms with Crippen molar-refractivity contribution in [1.82, 2.24) is 0 Å². The fourth-order valence-electron chi connectivity index (χ4n) is 4.45. The molecule has 0 saturated heterocycles. The van der Waals surface area contributed by atoms with Gasteiger partial charge < -0.3 is 9.80 Å². The molecule has 0 N–H and O–H groups in total. The lowest BCUT2D eigenvalue weighted by Gasteiger charge is -2.35. The molecule has 0 atom stereocenters. The van der Waals surface area contributed by atoms with Crippen molar-refractivity contribution in [3.8, 4) is 0 Å². The van der Waals surface area contributed by atoms with Gasteiger partial charge >= 0.3 is 6.18 Å². The lowest BCUT2D eigenvalue weighted by atomic mass is 9.98. The van der Waals surface area contributed by atoms with E-state index in [0.717, 1.165) is 62.3 Å². The third-order valence-electron chi connectivity index (χ3n) is 6.15. The van der Waals surface area contributed by atoms with E-state index in [1.54, 1.807) is 18.2 Å². The van der Waals surface area contributed by atoms with Crippen LogP contribution in [0.3, 0.4) is 0 Å². The second kappa shape index (κ2) is 10.1. The highest BCUT2D eigenvalue weighted by Gasteiger charge is 2.32. The summed E-state index contributed by atoms with van der Waals surface area (Å²) in [7, 11) is 0. The summed E-state index contributed by atoms with van der Waals surface area (Å²) in [5, 5.41) is 0. The standard InChI is InChI=1S/C13H17F2N.C12H14F3N/c1-9(2)16-7-3-4-10-5-6-11(13(14)15)8-12(10)16;1-2-16-7-3-4-9-5-6-10(8-11(9)16)12(13,14)15/h5-6,8-9,13H,3-4,7H2,1-2H3;5-6,8H,2-4,7H2,1H3. The number of alkyl halides is 5. The third kappa shape index (κ3) is 5.54. The molecule has 0 bridgehead atoms. The highest BCUT2D eigenvalue weighted by atomic mass is 19.4. The summed E-state index contributed by atoms with van der Waals surface area (Å²) in [5.41, 5.74) is 3.56. The van der Waals surface area contributed by atoms with E-state index >= 15 is 0 Å². The molecule has 7 heteroatoms. The molecular weight excluding hydrogens is 423 g/mol. The van der Waals surface area contributed by atoms with E-state index in [1.807, 2.05) is 17.9 Å². The van der Waals surface area contributed by atoms with E-state index in [-0.39, 0.29) is 5.56 Å². The summed E-state index contributed by atoms with van der Waals surface area (Å²) in [6, 6.07) is 9.49.